The van der Waals surface area contributed by atoms with E-state index in [0.717, 1.165) is 32.0 Å². The summed E-state index contributed by atoms with van der Waals surface area (Å²) >= 11 is 0. The van der Waals surface area contributed by atoms with Gasteiger partial charge in [0, 0.05) is 12.6 Å². The van der Waals surface area contributed by atoms with Crippen molar-refractivity contribution in [3.8, 4) is 0 Å². The standard InChI is InChI=1S/C17H30N2/c1-13(2)11-18-12-16(5)19-9-8-17-10-14(3)6-7-15(17)4/h6-7,10,13,16,18-19H,8-9,11-12H2,1-5H3. The summed E-state index contributed by atoms with van der Waals surface area (Å²) in [6.07, 6.45) is 1.11. The highest BCUT2D eigenvalue weighted by molar-refractivity contribution is 5.30. The zero-order chi connectivity index (χ0) is 14.3. The molecule has 0 amide bonds. The van der Waals surface area contributed by atoms with Gasteiger partial charge < -0.3 is 10.6 Å². The minimum absolute atomic E-state index is 0.531. The Morgan fingerprint density at radius 3 is 2.47 bits per heavy atom. The molecule has 0 heterocycles. The molecule has 1 atom stereocenters. The van der Waals surface area contributed by atoms with Crippen molar-refractivity contribution >= 4 is 0 Å². The van der Waals surface area contributed by atoms with Crippen molar-refractivity contribution < 1.29 is 0 Å². The fourth-order valence-electron chi connectivity index (χ4n) is 2.18. The number of hydrogen-bond acceptors (Lipinski definition) is 2. The molecule has 19 heavy (non-hydrogen) atoms. The molecule has 0 aliphatic carbocycles. The van der Waals surface area contributed by atoms with Crippen LogP contribution < -0.4 is 10.6 Å². The lowest BCUT2D eigenvalue weighted by atomic mass is 10.0. The zero-order valence-electron chi connectivity index (χ0n) is 13.2. The van der Waals surface area contributed by atoms with Crippen LogP contribution >= 0.6 is 0 Å². The van der Waals surface area contributed by atoms with Gasteiger partial charge in [0.1, 0.15) is 0 Å². The molecule has 0 aliphatic heterocycles. The Morgan fingerprint density at radius 1 is 1.05 bits per heavy atom. The SMILES string of the molecule is Cc1ccc(C)c(CCNC(C)CNCC(C)C)c1. The Labute approximate surface area is 119 Å². The Hall–Kier alpha value is -0.860. The van der Waals surface area contributed by atoms with E-state index in [-0.39, 0.29) is 0 Å². The first-order valence-corrected chi connectivity index (χ1v) is 7.49. The molecule has 0 bridgehead atoms. The van der Waals surface area contributed by atoms with Crippen LogP contribution in [0.1, 0.15) is 37.5 Å². The van der Waals surface area contributed by atoms with Crippen molar-refractivity contribution in [1.82, 2.24) is 10.6 Å². The monoisotopic (exact) mass is 262 g/mol. The average molecular weight is 262 g/mol. The topological polar surface area (TPSA) is 24.1 Å². The van der Waals surface area contributed by atoms with Crippen LogP contribution in [-0.4, -0.2) is 25.7 Å². The van der Waals surface area contributed by atoms with Crippen LogP contribution in [0.15, 0.2) is 18.2 Å². The first-order valence-electron chi connectivity index (χ1n) is 7.49. The Bertz CT molecular complexity index is 372. The van der Waals surface area contributed by atoms with Gasteiger partial charge in [-0.2, -0.15) is 0 Å². The molecular formula is C17H30N2. The fraction of sp³-hybridized carbons (Fsp3) is 0.647. The first-order chi connectivity index (χ1) is 8.99. The lowest BCUT2D eigenvalue weighted by Gasteiger charge is -2.16. The molecule has 2 heteroatoms. The van der Waals surface area contributed by atoms with Crippen LogP contribution in [0, 0.1) is 19.8 Å². The lowest BCUT2D eigenvalue weighted by molar-refractivity contribution is 0.474. The van der Waals surface area contributed by atoms with E-state index < -0.39 is 0 Å². The molecule has 0 aromatic heterocycles. The van der Waals surface area contributed by atoms with Gasteiger partial charge in [0.15, 0.2) is 0 Å². The molecule has 0 aliphatic rings. The number of aryl methyl sites for hydroxylation is 2. The van der Waals surface area contributed by atoms with Gasteiger partial charge in [-0.25, -0.2) is 0 Å². The number of nitrogens with one attached hydrogen (secondary N) is 2. The summed E-state index contributed by atoms with van der Waals surface area (Å²) in [6, 6.07) is 7.24. The molecule has 1 aromatic carbocycles. The van der Waals surface area contributed by atoms with Crippen LogP contribution in [0.4, 0.5) is 0 Å². The van der Waals surface area contributed by atoms with Gasteiger partial charge >= 0.3 is 0 Å². The third-order valence-corrected chi connectivity index (χ3v) is 3.39. The quantitative estimate of drug-likeness (QED) is 0.752. The highest BCUT2D eigenvalue weighted by Crippen LogP contribution is 2.10. The van der Waals surface area contributed by atoms with Crippen molar-refractivity contribution in [3.63, 3.8) is 0 Å². The van der Waals surface area contributed by atoms with Crippen molar-refractivity contribution in [1.29, 1.82) is 0 Å². The predicted molar refractivity (Wildman–Crippen MR) is 84.8 cm³/mol. The summed E-state index contributed by atoms with van der Waals surface area (Å²) in [5.41, 5.74) is 4.22. The van der Waals surface area contributed by atoms with Gasteiger partial charge in [0.2, 0.25) is 0 Å². The van der Waals surface area contributed by atoms with Crippen molar-refractivity contribution in [2.45, 2.75) is 47.1 Å². The number of rotatable bonds is 8. The Balaban J connectivity index is 2.24. The third-order valence-electron chi connectivity index (χ3n) is 3.39. The summed E-state index contributed by atoms with van der Waals surface area (Å²) < 4.78 is 0. The van der Waals surface area contributed by atoms with Gasteiger partial charge in [-0.05, 0) is 57.3 Å². The summed E-state index contributed by atoms with van der Waals surface area (Å²) in [5.74, 6) is 0.724. The molecule has 0 saturated heterocycles. The minimum Gasteiger partial charge on any atom is -0.315 e. The lowest BCUT2D eigenvalue weighted by Crippen LogP contribution is -2.38. The molecule has 0 fully saturated rings. The molecule has 1 aromatic rings. The van der Waals surface area contributed by atoms with E-state index in [1.807, 2.05) is 0 Å². The second kappa shape index (κ2) is 8.34. The maximum Gasteiger partial charge on any atom is 0.0164 e. The van der Waals surface area contributed by atoms with Gasteiger partial charge in [-0.1, -0.05) is 37.6 Å². The van der Waals surface area contributed by atoms with Crippen molar-refractivity contribution in [3.05, 3.63) is 34.9 Å². The maximum absolute atomic E-state index is 3.59. The fourth-order valence-corrected chi connectivity index (χ4v) is 2.18. The molecule has 2 nitrogen and oxygen atoms in total. The summed E-state index contributed by atoms with van der Waals surface area (Å²) in [6.45, 7) is 14.3. The van der Waals surface area contributed by atoms with Crippen molar-refractivity contribution in [2.24, 2.45) is 5.92 Å². The molecule has 1 unspecified atom stereocenters. The van der Waals surface area contributed by atoms with E-state index in [1.54, 1.807) is 0 Å². The van der Waals surface area contributed by atoms with Crippen LogP contribution in [0.3, 0.4) is 0 Å². The van der Waals surface area contributed by atoms with E-state index in [2.05, 4.69) is 63.5 Å². The van der Waals surface area contributed by atoms with Crippen LogP contribution in [-0.2, 0) is 6.42 Å². The van der Waals surface area contributed by atoms with Crippen molar-refractivity contribution in [2.75, 3.05) is 19.6 Å². The van der Waals surface area contributed by atoms with Crippen LogP contribution in [0.2, 0.25) is 0 Å². The van der Waals surface area contributed by atoms with Gasteiger partial charge in [-0.3, -0.25) is 0 Å². The van der Waals surface area contributed by atoms with E-state index >= 15 is 0 Å². The minimum atomic E-state index is 0.531. The van der Waals surface area contributed by atoms with Gasteiger partial charge in [-0.15, -0.1) is 0 Å². The van der Waals surface area contributed by atoms with E-state index in [1.165, 1.54) is 16.7 Å². The second-order valence-corrected chi connectivity index (χ2v) is 6.09. The smallest absolute Gasteiger partial charge is 0.0164 e. The predicted octanol–water partition coefficient (Wildman–Crippen LogP) is 3.07. The van der Waals surface area contributed by atoms with Gasteiger partial charge in [0.05, 0.1) is 0 Å². The summed E-state index contributed by atoms with van der Waals surface area (Å²) in [4.78, 5) is 0. The molecule has 1 rings (SSSR count). The highest BCUT2D eigenvalue weighted by atomic mass is 15.0. The normalized spacial score (nSPS) is 12.9. The molecular weight excluding hydrogens is 232 g/mol. The Morgan fingerprint density at radius 2 is 1.79 bits per heavy atom. The maximum atomic E-state index is 3.59. The van der Waals surface area contributed by atoms with Crippen LogP contribution in [0.5, 0.6) is 0 Å². The highest BCUT2D eigenvalue weighted by Gasteiger charge is 2.03. The molecule has 0 radical (unpaired) electrons. The molecule has 0 spiro atoms. The largest absolute Gasteiger partial charge is 0.315 e. The average Bonchev–Trinajstić information content (AvgIpc) is 2.33. The summed E-state index contributed by atoms with van der Waals surface area (Å²) in [5, 5.41) is 7.08. The summed E-state index contributed by atoms with van der Waals surface area (Å²) in [7, 11) is 0. The molecule has 2 N–H and O–H groups in total. The van der Waals surface area contributed by atoms with E-state index in [0.29, 0.717) is 6.04 Å². The van der Waals surface area contributed by atoms with E-state index in [9.17, 15) is 0 Å². The first kappa shape index (κ1) is 16.2. The number of benzene rings is 1. The third kappa shape index (κ3) is 6.74. The second-order valence-electron chi connectivity index (χ2n) is 6.09. The Kier molecular flexibility index (Phi) is 7.11. The molecule has 108 valence electrons. The zero-order valence-corrected chi connectivity index (χ0v) is 13.2. The van der Waals surface area contributed by atoms with E-state index in [4.69, 9.17) is 0 Å². The number of hydrogen-bond donors (Lipinski definition) is 2. The van der Waals surface area contributed by atoms with Crippen LogP contribution in [0.25, 0.3) is 0 Å². The molecule has 0 saturated carbocycles. The van der Waals surface area contributed by atoms with Gasteiger partial charge in [0.25, 0.3) is 0 Å².